The number of rotatable bonds is 6. The molecule has 9 nitrogen and oxygen atoms in total. The molecule has 2 aromatic heterocycles. The van der Waals surface area contributed by atoms with Crippen LogP contribution in [0.25, 0.3) is 11.2 Å². The van der Waals surface area contributed by atoms with Gasteiger partial charge in [-0.25, -0.2) is 18.6 Å². The minimum atomic E-state index is -1.03. The van der Waals surface area contributed by atoms with Gasteiger partial charge in [-0.15, -0.1) is 10.2 Å². The number of halogens is 2. The molecule has 11 heteroatoms. The summed E-state index contributed by atoms with van der Waals surface area (Å²) >= 11 is 0. The molecular weight excluding hydrogens is 360 g/mol. The van der Waals surface area contributed by atoms with E-state index in [1.54, 1.807) is 7.05 Å². The molecule has 0 aliphatic heterocycles. The molecule has 0 saturated carbocycles. The van der Waals surface area contributed by atoms with Crippen molar-refractivity contribution in [1.29, 1.82) is 0 Å². The lowest BCUT2D eigenvalue weighted by molar-refractivity contribution is 0.506. The smallest absolute Gasteiger partial charge is 0.332 e. The summed E-state index contributed by atoms with van der Waals surface area (Å²) < 4.78 is 28.6. The molecule has 0 aliphatic rings. The Kier molecular flexibility index (Phi) is 5.21. The van der Waals surface area contributed by atoms with Crippen LogP contribution in [-0.2, 0) is 13.6 Å². The largest absolute Gasteiger partial charge is 0.352 e. The summed E-state index contributed by atoms with van der Waals surface area (Å²) in [6, 6.07) is 3.29. The standard InChI is InChI=1S/C16H17F2N7O2/c1-19-5-6-20-15-21-12-13(22-23-15)25(16(27)24(2)14(12)26)8-9-3-4-10(17)11(18)7-9/h3-4,7,19H,5-6,8H2,1-2H3,(H,20,21,23). The van der Waals surface area contributed by atoms with E-state index in [2.05, 4.69) is 25.8 Å². The number of anilines is 1. The lowest BCUT2D eigenvalue weighted by Crippen LogP contribution is -2.39. The zero-order chi connectivity index (χ0) is 19.6. The Balaban J connectivity index is 2.10. The third-order valence-corrected chi connectivity index (χ3v) is 3.93. The number of hydrogen-bond donors (Lipinski definition) is 2. The van der Waals surface area contributed by atoms with Crippen LogP contribution in [0.1, 0.15) is 5.56 Å². The Morgan fingerprint density at radius 1 is 1.11 bits per heavy atom. The summed E-state index contributed by atoms with van der Waals surface area (Å²) in [6.07, 6.45) is 0. The highest BCUT2D eigenvalue weighted by Gasteiger charge is 2.16. The highest BCUT2D eigenvalue weighted by Crippen LogP contribution is 2.11. The van der Waals surface area contributed by atoms with Gasteiger partial charge in [0.1, 0.15) is 0 Å². The van der Waals surface area contributed by atoms with E-state index in [1.165, 1.54) is 13.1 Å². The molecule has 0 fully saturated rings. The third kappa shape index (κ3) is 3.67. The molecule has 2 N–H and O–H groups in total. The molecule has 0 radical (unpaired) electrons. The summed E-state index contributed by atoms with van der Waals surface area (Å²) in [5.41, 5.74) is -1.05. The van der Waals surface area contributed by atoms with Crippen molar-refractivity contribution < 1.29 is 8.78 Å². The molecule has 1 aromatic carbocycles. The van der Waals surface area contributed by atoms with Gasteiger partial charge in [0, 0.05) is 20.1 Å². The van der Waals surface area contributed by atoms with Gasteiger partial charge in [0.2, 0.25) is 5.95 Å². The van der Waals surface area contributed by atoms with Gasteiger partial charge in [0.15, 0.2) is 22.8 Å². The van der Waals surface area contributed by atoms with Crippen molar-refractivity contribution in [3.05, 3.63) is 56.2 Å². The predicted octanol–water partition coefficient (Wildman–Crippen LogP) is -0.157. The summed E-state index contributed by atoms with van der Waals surface area (Å²) in [5.74, 6) is -1.88. The van der Waals surface area contributed by atoms with Crippen LogP contribution in [0.15, 0.2) is 27.8 Å². The fraction of sp³-hybridized carbons (Fsp3) is 0.312. The number of fused-ring (bicyclic) bond motifs is 1. The second-order valence-electron chi connectivity index (χ2n) is 5.82. The lowest BCUT2D eigenvalue weighted by Gasteiger charge is -2.11. The normalized spacial score (nSPS) is 11.1. The zero-order valence-electron chi connectivity index (χ0n) is 14.7. The Labute approximate surface area is 151 Å². The van der Waals surface area contributed by atoms with Crippen LogP contribution in [0.4, 0.5) is 14.7 Å². The van der Waals surface area contributed by atoms with Gasteiger partial charge in [-0.2, -0.15) is 0 Å². The van der Waals surface area contributed by atoms with Gasteiger partial charge in [0.05, 0.1) is 6.54 Å². The van der Waals surface area contributed by atoms with Crippen molar-refractivity contribution in [2.24, 2.45) is 7.05 Å². The van der Waals surface area contributed by atoms with Crippen molar-refractivity contribution in [1.82, 2.24) is 29.6 Å². The number of aromatic nitrogens is 5. The Hall–Kier alpha value is -3.21. The minimum absolute atomic E-state index is 0.0352. The number of likely N-dealkylation sites (N-methyl/N-ethyl adjacent to an activating group) is 1. The maximum Gasteiger partial charge on any atom is 0.332 e. The Bertz CT molecular complexity index is 1110. The first-order valence-electron chi connectivity index (χ1n) is 8.09. The SMILES string of the molecule is CNCCNc1nnc2c(n1)c(=O)n(C)c(=O)n2Cc1ccc(F)c(F)c1. The average molecular weight is 377 g/mol. The summed E-state index contributed by atoms with van der Waals surface area (Å²) in [5, 5.41) is 13.7. The minimum Gasteiger partial charge on any atom is -0.352 e. The monoisotopic (exact) mass is 377 g/mol. The number of nitrogens with zero attached hydrogens (tertiary/aromatic N) is 5. The van der Waals surface area contributed by atoms with E-state index in [4.69, 9.17) is 0 Å². The average Bonchev–Trinajstić information content (AvgIpc) is 2.66. The molecule has 3 rings (SSSR count). The molecule has 0 bridgehead atoms. The van der Waals surface area contributed by atoms with E-state index in [9.17, 15) is 18.4 Å². The molecule has 0 unspecified atom stereocenters. The molecule has 0 amide bonds. The maximum atomic E-state index is 13.5. The van der Waals surface area contributed by atoms with Crippen LogP contribution in [0.2, 0.25) is 0 Å². The molecule has 3 aromatic rings. The molecule has 0 spiro atoms. The highest BCUT2D eigenvalue weighted by atomic mass is 19.2. The van der Waals surface area contributed by atoms with Crippen LogP contribution < -0.4 is 21.9 Å². The van der Waals surface area contributed by atoms with Crippen LogP contribution in [0, 0.1) is 11.6 Å². The maximum absolute atomic E-state index is 13.5. The number of nitrogens with one attached hydrogen (secondary N) is 2. The second kappa shape index (κ2) is 7.58. The van der Waals surface area contributed by atoms with Crippen LogP contribution in [-0.4, -0.2) is 44.5 Å². The molecular formula is C16H17F2N7O2. The summed E-state index contributed by atoms with van der Waals surface area (Å²) in [6.45, 7) is 1.04. The first-order valence-corrected chi connectivity index (χ1v) is 8.09. The van der Waals surface area contributed by atoms with Gasteiger partial charge in [-0.3, -0.25) is 13.9 Å². The van der Waals surface area contributed by atoms with Gasteiger partial charge in [-0.05, 0) is 24.7 Å². The molecule has 27 heavy (non-hydrogen) atoms. The second-order valence-corrected chi connectivity index (χ2v) is 5.82. The van der Waals surface area contributed by atoms with Crippen molar-refractivity contribution >= 4 is 17.1 Å². The lowest BCUT2D eigenvalue weighted by atomic mass is 10.2. The fourth-order valence-electron chi connectivity index (χ4n) is 2.50. The van der Waals surface area contributed by atoms with E-state index in [0.717, 1.165) is 21.3 Å². The van der Waals surface area contributed by atoms with E-state index in [0.29, 0.717) is 18.7 Å². The van der Waals surface area contributed by atoms with Gasteiger partial charge >= 0.3 is 5.69 Å². The molecule has 0 aliphatic carbocycles. The van der Waals surface area contributed by atoms with Crippen molar-refractivity contribution in [2.45, 2.75) is 6.54 Å². The molecule has 0 atom stereocenters. The van der Waals surface area contributed by atoms with Gasteiger partial charge < -0.3 is 10.6 Å². The Morgan fingerprint density at radius 2 is 1.89 bits per heavy atom. The van der Waals surface area contributed by atoms with Crippen molar-refractivity contribution in [3.63, 3.8) is 0 Å². The van der Waals surface area contributed by atoms with Crippen LogP contribution >= 0.6 is 0 Å². The predicted molar refractivity (Wildman–Crippen MR) is 94.7 cm³/mol. The molecule has 2 heterocycles. The zero-order valence-corrected chi connectivity index (χ0v) is 14.7. The number of hydrogen-bond acceptors (Lipinski definition) is 7. The third-order valence-electron chi connectivity index (χ3n) is 3.93. The van der Waals surface area contributed by atoms with E-state index < -0.39 is 22.9 Å². The van der Waals surface area contributed by atoms with Crippen LogP contribution in [0.3, 0.4) is 0 Å². The van der Waals surface area contributed by atoms with Gasteiger partial charge in [0.25, 0.3) is 5.56 Å². The quantitative estimate of drug-likeness (QED) is 0.575. The van der Waals surface area contributed by atoms with Gasteiger partial charge in [-0.1, -0.05) is 6.07 Å². The Morgan fingerprint density at radius 3 is 2.59 bits per heavy atom. The molecule has 0 saturated heterocycles. The van der Waals surface area contributed by atoms with E-state index in [1.807, 2.05) is 0 Å². The summed E-state index contributed by atoms with van der Waals surface area (Å²) in [7, 11) is 3.09. The topological polar surface area (TPSA) is 107 Å². The van der Waals surface area contributed by atoms with Crippen molar-refractivity contribution in [2.75, 3.05) is 25.5 Å². The molecule has 142 valence electrons. The highest BCUT2D eigenvalue weighted by molar-refractivity contribution is 5.69. The van der Waals surface area contributed by atoms with E-state index in [-0.39, 0.29) is 23.7 Å². The summed E-state index contributed by atoms with van der Waals surface area (Å²) in [4.78, 5) is 29.0. The number of benzene rings is 1. The van der Waals surface area contributed by atoms with Crippen LogP contribution in [0.5, 0.6) is 0 Å². The fourth-order valence-corrected chi connectivity index (χ4v) is 2.50. The van der Waals surface area contributed by atoms with Crippen molar-refractivity contribution in [3.8, 4) is 0 Å². The van der Waals surface area contributed by atoms with E-state index >= 15 is 0 Å². The first kappa shape index (κ1) is 18.6. The first-order chi connectivity index (χ1) is 12.9.